The second kappa shape index (κ2) is 8.05. The second-order valence-electron chi connectivity index (χ2n) is 5.94. The maximum atomic E-state index is 14.2. The lowest BCUT2D eigenvalue weighted by atomic mass is 10.2. The summed E-state index contributed by atoms with van der Waals surface area (Å²) in [6, 6.07) is 8.57. The third kappa shape index (κ3) is 4.19. The smallest absolute Gasteiger partial charge is 0.343 e. The van der Waals surface area contributed by atoms with Crippen molar-refractivity contribution in [1.29, 1.82) is 0 Å². The number of ether oxygens (including phenoxy) is 2. The van der Waals surface area contributed by atoms with E-state index in [0.717, 1.165) is 22.5 Å². The number of hydrogen-bond acceptors (Lipinski definition) is 6. The van der Waals surface area contributed by atoms with Crippen molar-refractivity contribution in [3.05, 3.63) is 59.4 Å². The molecule has 8 nitrogen and oxygen atoms in total. The van der Waals surface area contributed by atoms with Gasteiger partial charge in [-0.1, -0.05) is 6.07 Å². The van der Waals surface area contributed by atoms with Crippen LogP contribution in [0.3, 0.4) is 0 Å². The first-order chi connectivity index (χ1) is 13.3. The van der Waals surface area contributed by atoms with Gasteiger partial charge in [0.05, 0.1) is 18.8 Å². The van der Waals surface area contributed by atoms with Crippen molar-refractivity contribution in [3.8, 4) is 5.75 Å². The molecule has 0 saturated carbocycles. The fourth-order valence-corrected chi connectivity index (χ4v) is 4.13. The molecule has 10 heteroatoms. The van der Waals surface area contributed by atoms with Crippen LogP contribution >= 0.6 is 0 Å². The van der Waals surface area contributed by atoms with E-state index in [1.54, 1.807) is 0 Å². The van der Waals surface area contributed by atoms with Gasteiger partial charge < -0.3 is 15.2 Å². The van der Waals surface area contributed by atoms with Gasteiger partial charge in [-0.05, 0) is 36.4 Å². The quantitative estimate of drug-likeness (QED) is 0.586. The van der Waals surface area contributed by atoms with Crippen LogP contribution in [0.1, 0.15) is 20.7 Å². The molecule has 3 rings (SSSR count). The van der Waals surface area contributed by atoms with Crippen LogP contribution in [0.15, 0.2) is 47.4 Å². The molecule has 1 aliphatic heterocycles. The first-order valence-electron chi connectivity index (χ1n) is 8.28. The molecule has 2 aromatic carbocycles. The number of morpholine rings is 1. The van der Waals surface area contributed by atoms with Crippen molar-refractivity contribution in [2.45, 2.75) is 4.90 Å². The van der Waals surface area contributed by atoms with Gasteiger partial charge in [-0.15, -0.1) is 0 Å². The van der Waals surface area contributed by atoms with Crippen LogP contribution in [0.5, 0.6) is 5.75 Å². The summed E-state index contributed by atoms with van der Waals surface area (Å²) in [5, 5.41) is 0. The molecule has 0 aliphatic carbocycles. The van der Waals surface area contributed by atoms with E-state index in [-0.39, 0.29) is 43.2 Å². The van der Waals surface area contributed by atoms with E-state index in [4.69, 9.17) is 15.2 Å². The summed E-state index contributed by atoms with van der Waals surface area (Å²) in [6.45, 7) is 0.601. The SMILES string of the molecule is NC(=O)c1cccc(OC(=O)c2ccc(F)c(S(=O)(=O)N3CCOCC3)c2)c1. The summed E-state index contributed by atoms with van der Waals surface area (Å²) >= 11 is 0. The Morgan fingerprint density at radius 3 is 2.46 bits per heavy atom. The van der Waals surface area contributed by atoms with Crippen LogP contribution in [0.4, 0.5) is 4.39 Å². The van der Waals surface area contributed by atoms with Gasteiger partial charge in [-0.25, -0.2) is 17.6 Å². The average Bonchev–Trinajstić information content (AvgIpc) is 2.69. The molecule has 1 amide bonds. The Balaban J connectivity index is 1.87. The van der Waals surface area contributed by atoms with Crippen molar-refractivity contribution in [2.75, 3.05) is 26.3 Å². The number of carbonyl (C=O) groups excluding carboxylic acids is 2. The first-order valence-corrected chi connectivity index (χ1v) is 9.72. The minimum atomic E-state index is -4.13. The topological polar surface area (TPSA) is 116 Å². The highest BCUT2D eigenvalue weighted by atomic mass is 32.2. The molecule has 148 valence electrons. The Morgan fingerprint density at radius 2 is 1.79 bits per heavy atom. The minimum Gasteiger partial charge on any atom is -0.423 e. The van der Waals surface area contributed by atoms with Gasteiger partial charge in [0.2, 0.25) is 15.9 Å². The van der Waals surface area contributed by atoms with Gasteiger partial charge in [0.15, 0.2) is 0 Å². The maximum absolute atomic E-state index is 14.2. The second-order valence-corrected chi connectivity index (χ2v) is 7.85. The minimum absolute atomic E-state index is 0.0446. The van der Waals surface area contributed by atoms with Crippen molar-refractivity contribution >= 4 is 21.9 Å². The lowest BCUT2D eigenvalue weighted by Crippen LogP contribution is -2.41. The van der Waals surface area contributed by atoms with Crippen molar-refractivity contribution in [1.82, 2.24) is 4.31 Å². The van der Waals surface area contributed by atoms with E-state index >= 15 is 0 Å². The molecule has 0 unspecified atom stereocenters. The number of carbonyl (C=O) groups is 2. The highest BCUT2D eigenvalue weighted by Crippen LogP contribution is 2.23. The van der Waals surface area contributed by atoms with E-state index < -0.39 is 32.6 Å². The Hall–Kier alpha value is -2.82. The van der Waals surface area contributed by atoms with Crippen LogP contribution in [0.25, 0.3) is 0 Å². The summed E-state index contributed by atoms with van der Waals surface area (Å²) in [5.74, 6) is -2.53. The van der Waals surface area contributed by atoms with Crippen LogP contribution in [0, 0.1) is 5.82 Å². The Bertz CT molecular complexity index is 1020. The van der Waals surface area contributed by atoms with Gasteiger partial charge in [0, 0.05) is 18.7 Å². The summed E-state index contributed by atoms with van der Waals surface area (Å²) in [7, 11) is -4.13. The maximum Gasteiger partial charge on any atom is 0.343 e. The summed E-state index contributed by atoms with van der Waals surface area (Å²) in [4.78, 5) is 23.0. The van der Waals surface area contributed by atoms with E-state index in [1.807, 2.05) is 0 Å². The Labute approximate surface area is 160 Å². The molecule has 2 N–H and O–H groups in total. The van der Waals surface area contributed by atoms with Gasteiger partial charge in [-0.2, -0.15) is 4.31 Å². The van der Waals surface area contributed by atoms with Crippen LogP contribution in [-0.4, -0.2) is 50.9 Å². The molecule has 0 radical (unpaired) electrons. The molecular weight excluding hydrogens is 391 g/mol. The van der Waals surface area contributed by atoms with Crippen LogP contribution in [-0.2, 0) is 14.8 Å². The lowest BCUT2D eigenvalue weighted by molar-refractivity contribution is 0.0726. The van der Waals surface area contributed by atoms with E-state index in [0.29, 0.717) is 0 Å². The number of hydrogen-bond donors (Lipinski definition) is 1. The number of rotatable bonds is 5. The number of benzene rings is 2. The van der Waals surface area contributed by atoms with E-state index in [2.05, 4.69) is 0 Å². The number of amides is 1. The number of sulfonamides is 1. The molecule has 0 spiro atoms. The molecule has 2 aromatic rings. The van der Waals surface area contributed by atoms with Gasteiger partial charge in [0.25, 0.3) is 0 Å². The molecule has 1 saturated heterocycles. The standard InChI is InChI=1S/C18H17FN2O6S/c19-15-5-4-13(11-16(15)28(24,25)21-6-8-26-9-7-21)18(23)27-14-3-1-2-12(10-14)17(20)22/h1-5,10-11H,6-9H2,(H2,20,22). The summed E-state index contributed by atoms with van der Waals surface area (Å²) in [6.07, 6.45) is 0. The molecule has 0 aromatic heterocycles. The highest BCUT2D eigenvalue weighted by Gasteiger charge is 2.30. The zero-order chi connectivity index (χ0) is 20.3. The summed E-state index contributed by atoms with van der Waals surface area (Å²) in [5.41, 5.74) is 5.16. The van der Waals surface area contributed by atoms with Gasteiger partial charge in [-0.3, -0.25) is 4.79 Å². The third-order valence-corrected chi connectivity index (χ3v) is 6.00. The van der Waals surface area contributed by atoms with E-state index in [9.17, 15) is 22.4 Å². The van der Waals surface area contributed by atoms with E-state index in [1.165, 1.54) is 24.3 Å². The molecule has 28 heavy (non-hydrogen) atoms. The summed E-state index contributed by atoms with van der Waals surface area (Å²) < 4.78 is 50.9. The predicted molar refractivity (Wildman–Crippen MR) is 95.9 cm³/mol. The third-order valence-electron chi connectivity index (χ3n) is 4.08. The average molecular weight is 408 g/mol. The fourth-order valence-electron chi connectivity index (χ4n) is 2.63. The number of nitrogens with two attached hydrogens (primary N) is 1. The molecule has 0 atom stereocenters. The predicted octanol–water partition coefficient (Wildman–Crippen LogP) is 1.16. The zero-order valence-corrected chi connectivity index (χ0v) is 15.4. The molecule has 1 aliphatic rings. The Morgan fingerprint density at radius 1 is 1.07 bits per heavy atom. The largest absolute Gasteiger partial charge is 0.423 e. The highest BCUT2D eigenvalue weighted by molar-refractivity contribution is 7.89. The molecular formula is C18H17FN2O6S. The molecule has 1 heterocycles. The van der Waals surface area contributed by atoms with Gasteiger partial charge >= 0.3 is 5.97 Å². The normalized spacial score (nSPS) is 15.2. The van der Waals surface area contributed by atoms with Gasteiger partial charge in [0.1, 0.15) is 16.5 Å². The van der Waals surface area contributed by atoms with Crippen LogP contribution in [0.2, 0.25) is 0 Å². The zero-order valence-electron chi connectivity index (χ0n) is 14.6. The monoisotopic (exact) mass is 408 g/mol. The molecule has 0 bridgehead atoms. The van der Waals surface area contributed by atoms with Crippen molar-refractivity contribution < 1.29 is 31.9 Å². The number of esters is 1. The number of primary amides is 1. The lowest BCUT2D eigenvalue weighted by Gasteiger charge is -2.26. The number of halogens is 1. The van der Waals surface area contributed by atoms with Crippen molar-refractivity contribution in [3.63, 3.8) is 0 Å². The van der Waals surface area contributed by atoms with Crippen LogP contribution < -0.4 is 10.5 Å². The Kier molecular flexibility index (Phi) is 5.73. The van der Waals surface area contributed by atoms with Crippen molar-refractivity contribution in [2.24, 2.45) is 5.73 Å². The molecule has 1 fully saturated rings. The number of nitrogens with zero attached hydrogens (tertiary/aromatic N) is 1. The first kappa shape index (κ1) is 19.9. The fraction of sp³-hybridized carbons (Fsp3) is 0.222.